The van der Waals surface area contributed by atoms with Crippen molar-refractivity contribution >= 4 is 50.8 Å². The van der Waals surface area contributed by atoms with Gasteiger partial charge in [-0.3, -0.25) is 4.21 Å². The molecule has 1 heterocycles. The van der Waals surface area contributed by atoms with E-state index < -0.39 is 10.8 Å². The minimum atomic E-state index is -1.44. The van der Waals surface area contributed by atoms with Gasteiger partial charge in [-0.15, -0.1) is 0 Å². The van der Waals surface area contributed by atoms with E-state index >= 15 is 0 Å². The van der Waals surface area contributed by atoms with E-state index in [2.05, 4.69) is 4.98 Å². The molecule has 7 heteroatoms. The van der Waals surface area contributed by atoms with Crippen LogP contribution in [0.1, 0.15) is 5.89 Å². The second kappa shape index (κ2) is 5.67. The normalized spacial score (nSPS) is 12.7. The molecule has 1 aromatic heterocycles. The quantitative estimate of drug-likeness (QED) is 0.731. The van der Waals surface area contributed by atoms with E-state index in [1.165, 1.54) is 0 Å². The number of rotatable bonds is 3. The van der Waals surface area contributed by atoms with Crippen LogP contribution < -0.4 is 5.73 Å². The van der Waals surface area contributed by atoms with Gasteiger partial charge in [-0.05, 0) is 30.3 Å². The van der Waals surface area contributed by atoms with Crippen molar-refractivity contribution in [3.8, 4) is 0 Å². The summed E-state index contributed by atoms with van der Waals surface area (Å²) in [5.41, 5.74) is 7.51. The highest BCUT2D eigenvalue weighted by molar-refractivity contribution is 7.84. The predicted molar refractivity (Wildman–Crippen MR) is 85.0 cm³/mol. The second-order valence-corrected chi connectivity index (χ2v) is 6.58. The highest BCUT2D eigenvalue weighted by Gasteiger charge is 2.16. The van der Waals surface area contributed by atoms with Crippen LogP contribution in [0.4, 0.5) is 5.69 Å². The Morgan fingerprint density at radius 1 is 1.19 bits per heavy atom. The van der Waals surface area contributed by atoms with Gasteiger partial charge in [0.15, 0.2) is 5.58 Å². The number of oxazole rings is 1. The lowest BCUT2D eigenvalue weighted by atomic mass is 10.3. The molecule has 0 aliphatic rings. The summed E-state index contributed by atoms with van der Waals surface area (Å²) in [6.45, 7) is 0. The van der Waals surface area contributed by atoms with Crippen molar-refractivity contribution in [2.75, 3.05) is 5.73 Å². The van der Waals surface area contributed by atoms with Crippen LogP contribution in [0, 0.1) is 0 Å². The first kappa shape index (κ1) is 14.4. The van der Waals surface area contributed by atoms with Gasteiger partial charge in [0, 0.05) is 5.69 Å². The molecule has 0 bridgehead atoms. The lowest BCUT2D eigenvalue weighted by Crippen LogP contribution is -1.98. The number of halogens is 2. The number of hydrogen-bond donors (Lipinski definition) is 1. The Balaban J connectivity index is 1.93. The first-order valence-corrected chi connectivity index (χ1v) is 8.09. The SMILES string of the molecule is Nc1ccc2oc(CS(=O)c3c(Cl)cccc3Cl)nc2c1. The summed E-state index contributed by atoms with van der Waals surface area (Å²) in [7, 11) is -1.44. The molecule has 0 amide bonds. The number of anilines is 1. The minimum Gasteiger partial charge on any atom is -0.440 e. The Bertz CT molecular complexity index is 828. The van der Waals surface area contributed by atoms with Crippen molar-refractivity contribution in [3.63, 3.8) is 0 Å². The molecule has 3 rings (SSSR count). The van der Waals surface area contributed by atoms with Crippen LogP contribution in [-0.4, -0.2) is 9.19 Å². The van der Waals surface area contributed by atoms with Crippen LogP contribution >= 0.6 is 23.2 Å². The fourth-order valence-corrected chi connectivity index (χ4v) is 3.92. The summed E-state index contributed by atoms with van der Waals surface area (Å²) >= 11 is 12.1. The molecule has 21 heavy (non-hydrogen) atoms. The van der Waals surface area contributed by atoms with Crippen LogP contribution in [0.15, 0.2) is 45.7 Å². The average molecular weight is 341 g/mol. The second-order valence-electron chi connectivity index (χ2n) is 4.38. The zero-order chi connectivity index (χ0) is 15.0. The Morgan fingerprint density at radius 3 is 2.62 bits per heavy atom. The summed E-state index contributed by atoms with van der Waals surface area (Å²) in [5, 5.41) is 0.724. The fraction of sp³-hybridized carbons (Fsp3) is 0.0714. The van der Waals surface area contributed by atoms with Crippen molar-refractivity contribution in [1.82, 2.24) is 4.98 Å². The van der Waals surface area contributed by atoms with Crippen molar-refractivity contribution in [2.45, 2.75) is 10.6 Å². The summed E-state index contributed by atoms with van der Waals surface area (Å²) in [4.78, 5) is 4.66. The van der Waals surface area contributed by atoms with Gasteiger partial charge in [-0.25, -0.2) is 4.98 Å². The lowest BCUT2D eigenvalue weighted by Gasteiger charge is -2.04. The molecule has 4 nitrogen and oxygen atoms in total. The number of fused-ring (bicyclic) bond motifs is 1. The van der Waals surface area contributed by atoms with E-state index in [1.807, 2.05) is 0 Å². The first-order chi connectivity index (χ1) is 10.0. The van der Waals surface area contributed by atoms with Crippen molar-refractivity contribution in [2.24, 2.45) is 0 Å². The van der Waals surface area contributed by atoms with Crippen molar-refractivity contribution in [1.29, 1.82) is 0 Å². The minimum absolute atomic E-state index is 0.0953. The van der Waals surface area contributed by atoms with E-state index in [1.54, 1.807) is 36.4 Å². The maximum absolute atomic E-state index is 12.4. The maximum atomic E-state index is 12.4. The third kappa shape index (κ3) is 2.90. The molecule has 0 radical (unpaired) electrons. The molecule has 0 saturated carbocycles. The molecule has 1 unspecified atom stereocenters. The summed E-state index contributed by atoms with van der Waals surface area (Å²) in [6, 6.07) is 10.1. The van der Waals surface area contributed by atoms with Gasteiger partial charge in [0.25, 0.3) is 0 Å². The number of nitrogen functional groups attached to an aromatic ring is 1. The average Bonchev–Trinajstić information content (AvgIpc) is 2.79. The van der Waals surface area contributed by atoms with Crippen LogP contribution in [-0.2, 0) is 16.6 Å². The van der Waals surface area contributed by atoms with Gasteiger partial charge in [-0.1, -0.05) is 29.3 Å². The Hall–Kier alpha value is -1.56. The van der Waals surface area contributed by atoms with E-state index in [9.17, 15) is 4.21 Å². The lowest BCUT2D eigenvalue weighted by molar-refractivity contribution is 0.552. The number of nitrogens with zero attached hydrogens (tertiary/aromatic N) is 1. The number of nitrogens with two attached hydrogens (primary N) is 1. The highest BCUT2D eigenvalue weighted by atomic mass is 35.5. The standard InChI is InChI=1S/C14H10Cl2N2O2S/c15-9-2-1-3-10(16)14(9)21(19)7-13-18-11-6-8(17)4-5-12(11)20-13/h1-6H,7,17H2. The van der Waals surface area contributed by atoms with E-state index in [4.69, 9.17) is 33.4 Å². The molecule has 3 aromatic rings. The fourth-order valence-electron chi connectivity index (χ4n) is 1.94. The molecule has 0 fully saturated rings. The smallest absolute Gasteiger partial charge is 0.208 e. The molecule has 2 N–H and O–H groups in total. The van der Waals surface area contributed by atoms with E-state index in [-0.39, 0.29) is 5.75 Å². The van der Waals surface area contributed by atoms with E-state index in [0.29, 0.717) is 37.6 Å². The Kier molecular flexibility index (Phi) is 3.89. The summed E-state index contributed by atoms with van der Waals surface area (Å²) < 4.78 is 18.0. The van der Waals surface area contributed by atoms with Gasteiger partial charge < -0.3 is 10.2 Å². The third-order valence-corrected chi connectivity index (χ3v) is 5.12. The Labute approximate surface area is 133 Å². The Morgan fingerprint density at radius 2 is 1.90 bits per heavy atom. The topological polar surface area (TPSA) is 69.1 Å². The molecular weight excluding hydrogens is 331 g/mol. The van der Waals surface area contributed by atoms with Gasteiger partial charge in [0.1, 0.15) is 11.3 Å². The third-order valence-electron chi connectivity index (χ3n) is 2.86. The van der Waals surface area contributed by atoms with Gasteiger partial charge in [-0.2, -0.15) is 0 Å². The number of benzene rings is 2. The molecule has 0 aliphatic heterocycles. The number of hydrogen-bond acceptors (Lipinski definition) is 4. The van der Waals surface area contributed by atoms with Crippen LogP contribution in [0.3, 0.4) is 0 Å². The molecule has 108 valence electrons. The number of aromatic nitrogens is 1. The molecule has 0 spiro atoms. The van der Waals surface area contributed by atoms with Crippen LogP contribution in [0.5, 0.6) is 0 Å². The molecular formula is C14H10Cl2N2O2S. The van der Waals surface area contributed by atoms with Gasteiger partial charge in [0.2, 0.25) is 5.89 Å². The molecule has 2 aromatic carbocycles. The molecule has 0 saturated heterocycles. The monoisotopic (exact) mass is 340 g/mol. The first-order valence-electron chi connectivity index (χ1n) is 6.02. The molecule has 0 aliphatic carbocycles. The van der Waals surface area contributed by atoms with Crippen LogP contribution in [0.25, 0.3) is 11.1 Å². The molecule has 1 atom stereocenters. The zero-order valence-corrected chi connectivity index (χ0v) is 13.0. The van der Waals surface area contributed by atoms with Crippen LogP contribution in [0.2, 0.25) is 10.0 Å². The summed E-state index contributed by atoms with van der Waals surface area (Å²) in [5.74, 6) is 0.447. The van der Waals surface area contributed by atoms with Gasteiger partial charge in [0.05, 0.1) is 25.7 Å². The highest BCUT2D eigenvalue weighted by Crippen LogP contribution is 2.29. The zero-order valence-electron chi connectivity index (χ0n) is 10.7. The maximum Gasteiger partial charge on any atom is 0.208 e. The van der Waals surface area contributed by atoms with Crippen molar-refractivity contribution in [3.05, 3.63) is 52.3 Å². The van der Waals surface area contributed by atoms with Crippen molar-refractivity contribution < 1.29 is 8.63 Å². The van der Waals surface area contributed by atoms with Gasteiger partial charge >= 0.3 is 0 Å². The largest absolute Gasteiger partial charge is 0.440 e. The van der Waals surface area contributed by atoms with E-state index in [0.717, 1.165) is 0 Å². The summed E-state index contributed by atoms with van der Waals surface area (Å²) in [6.07, 6.45) is 0. The predicted octanol–water partition coefficient (Wildman–Crippen LogP) is 4.02.